The van der Waals surface area contributed by atoms with Gasteiger partial charge in [0.15, 0.2) is 5.58 Å². The van der Waals surface area contributed by atoms with Gasteiger partial charge in [-0.1, -0.05) is 13.8 Å². The summed E-state index contributed by atoms with van der Waals surface area (Å²) in [6.07, 6.45) is 0.825. The summed E-state index contributed by atoms with van der Waals surface area (Å²) < 4.78 is 11.0. The first-order valence-electron chi connectivity index (χ1n) is 7.65. The molecule has 124 valence electrons. The first-order chi connectivity index (χ1) is 10.7. The molecule has 2 aromatic rings. The molecule has 1 aromatic carbocycles. The first kappa shape index (κ1) is 16.2. The molecule has 0 radical (unpaired) electrons. The molecule has 23 heavy (non-hydrogen) atoms. The van der Waals surface area contributed by atoms with Gasteiger partial charge >= 0.3 is 0 Å². The summed E-state index contributed by atoms with van der Waals surface area (Å²) in [4.78, 5) is 17.9. The third-order valence-electron chi connectivity index (χ3n) is 5.69. The summed E-state index contributed by atoms with van der Waals surface area (Å²) in [5, 5.41) is 0. The van der Waals surface area contributed by atoms with E-state index >= 15 is 0 Å². The van der Waals surface area contributed by atoms with Gasteiger partial charge in [0, 0.05) is 31.2 Å². The highest BCUT2D eigenvalue weighted by atomic mass is 32.1. The van der Waals surface area contributed by atoms with E-state index in [4.69, 9.17) is 21.4 Å². The van der Waals surface area contributed by atoms with Crippen LogP contribution in [0.5, 0.6) is 0 Å². The molecule has 0 aliphatic heterocycles. The monoisotopic (exact) mass is 334 g/mol. The van der Waals surface area contributed by atoms with E-state index in [1.165, 1.54) is 0 Å². The van der Waals surface area contributed by atoms with Gasteiger partial charge in [-0.3, -0.25) is 4.79 Å². The van der Waals surface area contributed by atoms with Crippen LogP contribution < -0.4 is 0 Å². The average molecular weight is 334 g/mol. The van der Waals surface area contributed by atoms with Crippen LogP contribution in [-0.2, 0) is 4.74 Å². The predicted molar refractivity (Wildman–Crippen MR) is 91.1 cm³/mol. The van der Waals surface area contributed by atoms with E-state index in [1.54, 1.807) is 19.2 Å². The summed E-state index contributed by atoms with van der Waals surface area (Å²) in [5.41, 5.74) is 1.68. The molecule has 1 amide bonds. The number of methoxy groups -OCH3 is 1. The Morgan fingerprint density at radius 1 is 1.43 bits per heavy atom. The number of carbonyl (C=O) groups excluding carboxylic acids is 1. The molecule has 2 atom stereocenters. The highest BCUT2D eigenvalue weighted by Gasteiger charge is 2.59. The molecule has 1 aromatic heterocycles. The van der Waals surface area contributed by atoms with Crippen molar-refractivity contribution in [3.8, 4) is 0 Å². The van der Waals surface area contributed by atoms with E-state index < -0.39 is 0 Å². The van der Waals surface area contributed by atoms with Crippen LogP contribution in [0.15, 0.2) is 22.6 Å². The number of amides is 1. The van der Waals surface area contributed by atoms with Gasteiger partial charge in [0.2, 0.25) is 0 Å². The van der Waals surface area contributed by atoms with E-state index in [0.717, 1.165) is 11.9 Å². The number of ether oxygens (including phenoxy) is 1. The minimum Gasteiger partial charge on any atom is -0.429 e. The minimum absolute atomic E-state index is 0.0227. The number of aromatic nitrogens is 1. The lowest BCUT2D eigenvalue weighted by molar-refractivity contribution is -0.198. The summed E-state index contributed by atoms with van der Waals surface area (Å²) in [6, 6.07) is 5.49. The van der Waals surface area contributed by atoms with Gasteiger partial charge in [-0.25, -0.2) is 0 Å². The first-order valence-corrected chi connectivity index (χ1v) is 8.05. The maximum Gasteiger partial charge on any atom is 0.266 e. The number of benzene rings is 1. The molecule has 6 heteroatoms. The third-order valence-corrected chi connectivity index (χ3v) is 5.87. The molecule has 0 bridgehead atoms. The van der Waals surface area contributed by atoms with E-state index in [1.807, 2.05) is 18.0 Å². The van der Waals surface area contributed by atoms with Gasteiger partial charge in [-0.2, -0.15) is 0 Å². The second-order valence-electron chi connectivity index (χ2n) is 7.02. The summed E-state index contributed by atoms with van der Waals surface area (Å²) in [5.74, 6) is -0.0227. The second-order valence-corrected chi connectivity index (χ2v) is 7.39. The van der Waals surface area contributed by atoms with Crippen LogP contribution in [0.4, 0.5) is 0 Å². The molecule has 1 fully saturated rings. The standard InChI is InChI=1S/C17H22N2O3S/c1-16(2)13(9-17(16,3)21-5)19(4)14(20)10-6-7-11-12(8-10)22-15(23)18-11/h6-8,13H,9H2,1-5H3,(H,18,23)/t13-,17+/m0/s1. The summed E-state index contributed by atoms with van der Waals surface area (Å²) >= 11 is 4.98. The van der Waals surface area contributed by atoms with Crippen molar-refractivity contribution in [3.63, 3.8) is 0 Å². The summed E-state index contributed by atoms with van der Waals surface area (Å²) in [6.45, 7) is 6.38. The number of nitrogens with one attached hydrogen (secondary N) is 1. The number of hydrogen-bond acceptors (Lipinski definition) is 4. The normalized spacial score (nSPS) is 26.0. The molecule has 1 N–H and O–H groups in total. The molecule has 5 nitrogen and oxygen atoms in total. The van der Waals surface area contributed by atoms with Crippen LogP contribution in [0, 0.1) is 10.3 Å². The van der Waals surface area contributed by atoms with Crippen molar-refractivity contribution < 1.29 is 13.9 Å². The van der Waals surface area contributed by atoms with Crippen molar-refractivity contribution in [2.45, 2.75) is 38.8 Å². The Bertz CT molecular complexity index is 823. The number of hydrogen-bond donors (Lipinski definition) is 1. The molecule has 1 saturated carbocycles. The van der Waals surface area contributed by atoms with Crippen molar-refractivity contribution in [2.75, 3.05) is 14.2 Å². The highest BCUT2D eigenvalue weighted by Crippen LogP contribution is 2.53. The lowest BCUT2D eigenvalue weighted by Crippen LogP contribution is -2.68. The maximum absolute atomic E-state index is 12.8. The van der Waals surface area contributed by atoms with Crippen molar-refractivity contribution >= 4 is 29.2 Å². The van der Waals surface area contributed by atoms with Crippen LogP contribution in [0.25, 0.3) is 11.1 Å². The fourth-order valence-corrected chi connectivity index (χ4v) is 3.70. The number of carbonyl (C=O) groups is 1. The van der Waals surface area contributed by atoms with Crippen LogP contribution >= 0.6 is 12.2 Å². The Morgan fingerprint density at radius 3 is 2.74 bits per heavy atom. The largest absolute Gasteiger partial charge is 0.429 e. The van der Waals surface area contributed by atoms with Crippen molar-refractivity contribution in [1.29, 1.82) is 0 Å². The number of oxazole rings is 1. The maximum atomic E-state index is 12.8. The van der Waals surface area contributed by atoms with Crippen LogP contribution in [-0.4, -0.2) is 41.6 Å². The minimum atomic E-state index is -0.205. The zero-order valence-corrected chi connectivity index (χ0v) is 14.9. The van der Waals surface area contributed by atoms with Gasteiger partial charge in [0.25, 0.3) is 10.7 Å². The predicted octanol–water partition coefficient (Wildman–Crippen LogP) is 3.77. The molecule has 0 spiro atoms. The van der Waals surface area contributed by atoms with E-state index in [-0.39, 0.29) is 23.0 Å². The van der Waals surface area contributed by atoms with Gasteiger partial charge < -0.3 is 19.0 Å². The molecule has 1 heterocycles. The van der Waals surface area contributed by atoms with Crippen LogP contribution in [0.1, 0.15) is 37.6 Å². The lowest BCUT2D eigenvalue weighted by Gasteiger charge is -2.61. The molecular formula is C17H22N2O3S. The second kappa shape index (κ2) is 5.18. The topological polar surface area (TPSA) is 58.5 Å². The number of H-pyrrole nitrogens is 1. The Labute approximate surface area is 140 Å². The number of nitrogens with zero attached hydrogens (tertiary/aromatic N) is 1. The van der Waals surface area contributed by atoms with Crippen molar-refractivity contribution in [3.05, 3.63) is 28.6 Å². The molecule has 3 rings (SSSR count). The Hall–Kier alpha value is -1.66. The zero-order valence-electron chi connectivity index (χ0n) is 14.1. The SMILES string of the molecule is CO[C@]1(C)C[C@H](N(C)C(=O)c2ccc3[nH]c(=S)oc3c2)C1(C)C. The van der Waals surface area contributed by atoms with Gasteiger partial charge in [-0.05, 0) is 43.8 Å². The molecule has 1 aliphatic carbocycles. The number of aromatic amines is 1. The number of rotatable bonds is 3. The molecule has 0 saturated heterocycles. The zero-order chi connectivity index (χ0) is 17.0. The van der Waals surface area contributed by atoms with E-state index in [9.17, 15) is 4.79 Å². The highest BCUT2D eigenvalue weighted by molar-refractivity contribution is 7.71. The Morgan fingerprint density at radius 2 is 2.13 bits per heavy atom. The van der Waals surface area contributed by atoms with E-state index in [0.29, 0.717) is 16.0 Å². The summed E-state index contributed by atoms with van der Waals surface area (Å²) in [7, 11) is 3.58. The lowest BCUT2D eigenvalue weighted by atomic mass is 9.55. The van der Waals surface area contributed by atoms with Gasteiger partial charge in [-0.15, -0.1) is 0 Å². The molecular weight excluding hydrogens is 312 g/mol. The fourth-order valence-electron chi connectivity index (χ4n) is 3.50. The third kappa shape index (κ3) is 2.32. The van der Waals surface area contributed by atoms with Crippen molar-refractivity contribution in [1.82, 2.24) is 9.88 Å². The van der Waals surface area contributed by atoms with Crippen LogP contribution in [0.2, 0.25) is 0 Å². The molecule has 1 aliphatic rings. The smallest absolute Gasteiger partial charge is 0.266 e. The molecule has 0 unspecified atom stereocenters. The van der Waals surface area contributed by atoms with Crippen molar-refractivity contribution in [2.24, 2.45) is 5.41 Å². The van der Waals surface area contributed by atoms with E-state index in [2.05, 4.69) is 25.8 Å². The quantitative estimate of drug-likeness (QED) is 0.868. The van der Waals surface area contributed by atoms with Crippen LogP contribution in [0.3, 0.4) is 0 Å². The Kier molecular flexibility index (Phi) is 3.65. The average Bonchev–Trinajstić information content (AvgIpc) is 2.89. The Balaban J connectivity index is 1.86. The number of fused-ring (bicyclic) bond motifs is 1. The fraction of sp³-hybridized carbons (Fsp3) is 0.529. The van der Waals surface area contributed by atoms with Gasteiger partial charge in [0.05, 0.1) is 11.1 Å². The van der Waals surface area contributed by atoms with Gasteiger partial charge in [0.1, 0.15) is 0 Å².